The van der Waals surface area contributed by atoms with Crippen LogP contribution in [0.15, 0.2) is 48.8 Å². The van der Waals surface area contributed by atoms with E-state index in [2.05, 4.69) is 10.3 Å². The van der Waals surface area contributed by atoms with Crippen molar-refractivity contribution in [2.24, 2.45) is 0 Å². The summed E-state index contributed by atoms with van der Waals surface area (Å²) in [6, 6.07) is 9.66. The topological polar surface area (TPSA) is 71.5 Å². The molecule has 2 aromatic rings. The Labute approximate surface area is 104 Å². The molecule has 1 aromatic heterocycles. The molecule has 1 heterocycles. The number of carbonyl (C=O) groups is 1. The molecular formula is C13H12N2O3. The summed E-state index contributed by atoms with van der Waals surface area (Å²) in [5.41, 5.74) is 0.604. The molecule has 0 fully saturated rings. The van der Waals surface area contributed by atoms with E-state index in [1.165, 1.54) is 18.3 Å². The van der Waals surface area contributed by atoms with Crippen LogP contribution in [0.1, 0.15) is 0 Å². The van der Waals surface area contributed by atoms with Crippen molar-refractivity contribution in [2.75, 3.05) is 11.9 Å². The van der Waals surface area contributed by atoms with Gasteiger partial charge in [-0.25, -0.2) is 0 Å². The smallest absolute Gasteiger partial charge is 0.262 e. The average Bonchev–Trinajstić information content (AvgIpc) is 2.40. The van der Waals surface area contributed by atoms with Crippen LogP contribution in [0.3, 0.4) is 0 Å². The molecule has 5 heteroatoms. The summed E-state index contributed by atoms with van der Waals surface area (Å²) in [5, 5.41) is 11.7. The highest BCUT2D eigenvalue weighted by Crippen LogP contribution is 2.13. The van der Waals surface area contributed by atoms with Crippen molar-refractivity contribution in [2.45, 2.75) is 0 Å². The minimum Gasteiger partial charge on any atom is -0.508 e. The molecule has 0 bridgehead atoms. The Morgan fingerprint density at radius 1 is 1.28 bits per heavy atom. The third kappa shape index (κ3) is 3.48. The van der Waals surface area contributed by atoms with Crippen LogP contribution in [-0.4, -0.2) is 22.6 Å². The summed E-state index contributed by atoms with van der Waals surface area (Å²) in [7, 11) is 0. The Bertz CT molecular complexity index is 512. The van der Waals surface area contributed by atoms with Crippen molar-refractivity contribution >= 4 is 11.6 Å². The fraction of sp³-hybridized carbons (Fsp3) is 0.0769. The number of pyridine rings is 1. The van der Waals surface area contributed by atoms with Crippen molar-refractivity contribution < 1.29 is 14.6 Å². The van der Waals surface area contributed by atoms with Gasteiger partial charge in [-0.2, -0.15) is 0 Å². The molecule has 92 valence electrons. The van der Waals surface area contributed by atoms with Crippen LogP contribution in [0.5, 0.6) is 11.5 Å². The predicted octanol–water partition coefficient (Wildman–Crippen LogP) is 1.80. The van der Waals surface area contributed by atoms with Crippen molar-refractivity contribution in [3.05, 3.63) is 48.8 Å². The predicted molar refractivity (Wildman–Crippen MR) is 66.5 cm³/mol. The Kier molecular flexibility index (Phi) is 3.76. The number of amides is 1. The molecule has 1 amide bonds. The third-order valence-corrected chi connectivity index (χ3v) is 2.16. The van der Waals surface area contributed by atoms with E-state index in [1.54, 1.807) is 30.5 Å². The number of ether oxygens (including phenoxy) is 1. The summed E-state index contributed by atoms with van der Waals surface area (Å²) in [6.07, 6.45) is 3.16. The van der Waals surface area contributed by atoms with Gasteiger partial charge in [0.1, 0.15) is 11.5 Å². The molecule has 0 spiro atoms. The summed E-state index contributed by atoms with van der Waals surface area (Å²) in [4.78, 5) is 15.4. The number of hydrogen-bond donors (Lipinski definition) is 2. The summed E-state index contributed by atoms with van der Waals surface area (Å²) in [5.74, 6) is 0.419. The van der Waals surface area contributed by atoms with E-state index in [0.29, 0.717) is 11.4 Å². The third-order valence-electron chi connectivity index (χ3n) is 2.16. The van der Waals surface area contributed by atoms with E-state index in [1.807, 2.05) is 0 Å². The van der Waals surface area contributed by atoms with Gasteiger partial charge >= 0.3 is 0 Å². The molecule has 0 aliphatic heterocycles. The number of anilines is 1. The number of nitrogens with zero attached hydrogens (tertiary/aromatic N) is 1. The summed E-state index contributed by atoms with van der Waals surface area (Å²) in [6.45, 7) is -0.0907. The number of rotatable bonds is 4. The summed E-state index contributed by atoms with van der Waals surface area (Å²) >= 11 is 0. The standard InChI is InChI=1S/C13H12N2O3/c16-11-5-3-10(4-6-11)15-13(17)9-18-12-2-1-7-14-8-12/h1-8,16H,9H2,(H,15,17). The van der Waals surface area contributed by atoms with E-state index in [0.717, 1.165) is 0 Å². The van der Waals surface area contributed by atoms with Gasteiger partial charge in [-0.1, -0.05) is 0 Å². The number of benzene rings is 1. The molecule has 5 nitrogen and oxygen atoms in total. The number of carbonyl (C=O) groups excluding carboxylic acids is 1. The molecule has 2 N–H and O–H groups in total. The lowest BCUT2D eigenvalue weighted by Crippen LogP contribution is -2.20. The van der Waals surface area contributed by atoms with E-state index in [9.17, 15) is 4.79 Å². The first-order chi connectivity index (χ1) is 8.74. The molecular weight excluding hydrogens is 232 g/mol. The van der Waals surface area contributed by atoms with Crippen LogP contribution in [0.25, 0.3) is 0 Å². The number of aromatic nitrogens is 1. The lowest BCUT2D eigenvalue weighted by molar-refractivity contribution is -0.118. The second kappa shape index (κ2) is 5.67. The molecule has 0 atom stereocenters. The maximum Gasteiger partial charge on any atom is 0.262 e. The maximum absolute atomic E-state index is 11.6. The summed E-state index contributed by atoms with van der Waals surface area (Å²) < 4.78 is 5.24. The van der Waals surface area contributed by atoms with Gasteiger partial charge in [0, 0.05) is 11.9 Å². The fourth-order valence-electron chi connectivity index (χ4n) is 1.32. The van der Waals surface area contributed by atoms with Crippen LogP contribution in [0, 0.1) is 0 Å². The van der Waals surface area contributed by atoms with Gasteiger partial charge in [0.15, 0.2) is 6.61 Å². The molecule has 0 aliphatic carbocycles. The number of phenolic OH excluding ortho intramolecular Hbond substituents is 1. The molecule has 1 aromatic carbocycles. The zero-order valence-corrected chi connectivity index (χ0v) is 9.54. The van der Waals surface area contributed by atoms with Crippen molar-refractivity contribution in [1.82, 2.24) is 4.98 Å². The van der Waals surface area contributed by atoms with Crippen molar-refractivity contribution in [1.29, 1.82) is 0 Å². The monoisotopic (exact) mass is 244 g/mol. The minimum absolute atomic E-state index is 0.0907. The van der Waals surface area contributed by atoms with Gasteiger partial charge < -0.3 is 15.2 Å². The van der Waals surface area contributed by atoms with Gasteiger partial charge in [0.05, 0.1) is 6.20 Å². The van der Waals surface area contributed by atoms with Crippen molar-refractivity contribution in [3.8, 4) is 11.5 Å². The highest BCUT2D eigenvalue weighted by atomic mass is 16.5. The molecule has 0 saturated heterocycles. The van der Waals surface area contributed by atoms with E-state index >= 15 is 0 Å². The molecule has 0 radical (unpaired) electrons. The van der Waals surface area contributed by atoms with Crippen LogP contribution < -0.4 is 10.1 Å². The molecule has 0 saturated carbocycles. The number of nitrogens with one attached hydrogen (secondary N) is 1. The van der Waals surface area contributed by atoms with E-state index in [-0.39, 0.29) is 18.3 Å². The first kappa shape index (κ1) is 11.9. The normalized spacial score (nSPS) is 9.78. The molecule has 0 unspecified atom stereocenters. The van der Waals surface area contributed by atoms with Crippen LogP contribution in [0.2, 0.25) is 0 Å². The zero-order valence-electron chi connectivity index (χ0n) is 9.54. The van der Waals surface area contributed by atoms with Gasteiger partial charge in [-0.3, -0.25) is 9.78 Å². The average molecular weight is 244 g/mol. The van der Waals surface area contributed by atoms with Crippen LogP contribution in [0.4, 0.5) is 5.69 Å². The van der Waals surface area contributed by atoms with E-state index in [4.69, 9.17) is 9.84 Å². The fourth-order valence-corrected chi connectivity index (χ4v) is 1.32. The first-order valence-corrected chi connectivity index (χ1v) is 5.36. The number of hydrogen-bond acceptors (Lipinski definition) is 4. The van der Waals surface area contributed by atoms with Crippen molar-refractivity contribution in [3.63, 3.8) is 0 Å². The van der Waals surface area contributed by atoms with E-state index < -0.39 is 0 Å². The zero-order chi connectivity index (χ0) is 12.8. The molecule has 2 rings (SSSR count). The Balaban J connectivity index is 1.84. The molecule has 0 aliphatic rings. The maximum atomic E-state index is 11.6. The lowest BCUT2D eigenvalue weighted by Gasteiger charge is -2.07. The van der Waals surface area contributed by atoms with Gasteiger partial charge in [0.2, 0.25) is 0 Å². The van der Waals surface area contributed by atoms with Crippen LogP contribution >= 0.6 is 0 Å². The number of phenols is 1. The number of aromatic hydroxyl groups is 1. The Morgan fingerprint density at radius 3 is 2.72 bits per heavy atom. The Morgan fingerprint density at radius 2 is 2.06 bits per heavy atom. The van der Waals surface area contributed by atoms with Gasteiger partial charge in [-0.15, -0.1) is 0 Å². The second-order valence-electron chi connectivity index (χ2n) is 3.57. The minimum atomic E-state index is -0.274. The quantitative estimate of drug-likeness (QED) is 0.804. The highest BCUT2D eigenvalue weighted by Gasteiger charge is 2.03. The Hall–Kier alpha value is -2.56. The SMILES string of the molecule is O=C(COc1cccnc1)Nc1ccc(O)cc1. The largest absolute Gasteiger partial charge is 0.508 e. The van der Waals surface area contributed by atoms with Crippen LogP contribution in [-0.2, 0) is 4.79 Å². The lowest BCUT2D eigenvalue weighted by atomic mass is 10.3. The highest BCUT2D eigenvalue weighted by molar-refractivity contribution is 5.91. The molecule has 18 heavy (non-hydrogen) atoms. The second-order valence-corrected chi connectivity index (χ2v) is 3.57. The van der Waals surface area contributed by atoms with Gasteiger partial charge in [0.25, 0.3) is 5.91 Å². The first-order valence-electron chi connectivity index (χ1n) is 5.36. The van der Waals surface area contributed by atoms with Gasteiger partial charge in [-0.05, 0) is 36.4 Å².